The van der Waals surface area contributed by atoms with Gasteiger partial charge in [0.2, 0.25) is 5.89 Å². The molecule has 1 aliphatic rings. The fraction of sp³-hybridized carbons (Fsp3) is 0.500. The minimum atomic E-state index is -4.36. The monoisotopic (exact) mass is 325 g/mol. The molecule has 7 heteroatoms. The van der Waals surface area contributed by atoms with Crippen molar-refractivity contribution in [1.82, 2.24) is 15.0 Å². The molecule has 1 saturated carbocycles. The second-order valence-electron chi connectivity index (χ2n) is 6.01. The van der Waals surface area contributed by atoms with Crippen LogP contribution in [-0.4, -0.2) is 22.1 Å². The van der Waals surface area contributed by atoms with Crippen LogP contribution in [0.5, 0.6) is 0 Å². The number of rotatable bonds is 5. The molecule has 0 bridgehead atoms. The summed E-state index contributed by atoms with van der Waals surface area (Å²) in [4.78, 5) is 6.14. The molecule has 1 heterocycles. The molecule has 23 heavy (non-hydrogen) atoms. The number of hydrogen-bond donors (Lipinski definition) is 0. The summed E-state index contributed by atoms with van der Waals surface area (Å²) in [7, 11) is 1.75. The maximum Gasteiger partial charge on any atom is 0.416 e. The lowest BCUT2D eigenvalue weighted by atomic mass is 10.1. The quantitative estimate of drug-likeness (QED) is 0.828. The Morgan fingerprint density at radius 2 is 2.00 bits per heavy atom. The Bertz CT molecular complexity index is 679. The van der Waals surface area contributed by atoms with Crippen LogP contribution in [0.4, 0.5) is 13.2 Å². The summed E-state index contributed by atoms with van der Waals surface area (Å²) in [6, 6.07) is 5.36. The highest BCUT2D eigenvalue weighted by Gasteiger charge is 2.34. The minimum Gasteiger partial charge on any atom is -0.338 e. The molecular formula is C16H18F3N3O. The van der Waals surface area contributed by atoms with E-state index in [1.54, 1.807) is 18.0 Å². The molecule has 1 aromatic heterocycles. The molecule has 1 fully saturated rings. The predicted octanol–water partition coefficient (Wildman–Crippen LogP) is 4.16. The fourth-order valence-corrected chi connectivity index (χ4v) is 2.45. The summed E-state index contributed by atoms with van der Waals surface area (Å²) in [5.74, 6) is 1.53. The molecule has 0 N–H and O–H groups in total. The van der Waals surface area contributed by atoms with Gasteiger partial charge in [-0.25, -0.2) is 0 Å². The Kier molecular flexibility index (Phi) is 4.14. The van der Waals surface area contributed by atoms with Gasteiger partial charge in [-0.2, -0.15) is 18.2 Å². The van der Waals surface area contributed by atoms with Gasteiger partial charge in [-0.3, -0.25) is 4.90 Å². The smallest absolute Gasteiger partial charge is 0.338 e. The lowest BCUT2D eigenvalue weighted by molar-refractivity contribution is -0.138. The van der Waals surface area contributed by atoms with E-state index >= 15 is 0 Å². The van der Waals surface area contributed by atoms with Gasteiger partial charge in [0.25, 0.3) is 0 Å². The number of benzene rings is 1. The fourth-order valence-electron chi connectivity index (χ4n) is 2.45. The summed E-state index contributed by atoms with van der Waals surface area (Å²) < 4.78 is 44.4. The third-order valence-electron chi connectivity index (χ3n) is 4.16. The Morgan fingerprint density at radius 1 is 1.30 bits per heavy atom. The summed E-state index contributed by atoms with van der Waals surface area (Å²) >= 11 is 0. The minimum absolute atomic E-state index is 0.151. The summed E-state index contributed by atoms with van der Waals surface area (Å²) in [5.41, 5.74) is -0.375. The van der Waals surface area contributed by atoms with Crippen molar-refractivity contribution < 1.29 is 17.7 Å². The standard InChI is InChI=1S/C16H18F3N3O/c1-10(15-20-14(21-23-15)11-7-8-11)22(2)9-12-5-3-4-6-13(12)16(17,18)19/h3-6,10-11H,7-9H2,1-2H3. The highest BCUT2D eigenvalue weighted by atomic mass is 19.4. The van der Waals surface area contributed by atoms with Crippen molar-refractivity contribution in [3.05, 3.63) is 47.1 Å². The van der Waals surface area contributed by atoms with E-state index < -0.39 is 11.7 Å². The van der Waals surface area contributed by atoms with Gasteiger partial charge in [-0.1, -0.05) is 23.4 Å². The first-order valence-electron chi connectivity index (χ1n) is 7.55. The van der Waals surface area contributed by atoms with Gasteiger partial charge in [0.1, 0.15) is 0 Å². The van der Waals surface area contributed by atoms with Crippen molar-refractivity contribution in [2.24, 2.45) is 0 Å². The average molecular weight is 325 g/mol. The lowest BCUT2D eigenvalue weighted by Gasteiger charge is -2.23. The molecule has 124 valence electrons. The van der Waals surface area contributed by atoms with Gasteiger partial charge in [0.15, 0.2) is 5.82 Å². The summed E-state index contributed by atoms with van der Waals surface area (Å²) in [6.45, 7) is 2.00. The zero-order valence-electron chi connectivity index (χ0n) is 13.0. The largest absolute Gasteiger partial charge is 0.416 e. The van der Waals surface area contributed by atoms with Crippen molar-refractivity contribution in [2.45, 2.75) is 44.4 Å². The summed E-state index contributed by atoms with van der Waals surface area (Å²) in [6.07, 6.45) is -2.21. The van der Waals surface area contributed by atoms with E-state index in [0.717, 1.165) is 18.9 Å². The van der Waals surface area contributed by atoms with Gasteiger partial charge in [-0.05, 0) is 38.4 Å². The zero-order chi connectivity index (χ0) is 16.6. The Hall–Kier alpha value is -1.89. The van der Waals surface area contributed by atoms with Gasteiger partial charge < -0.3 is 4.52 Å². The van der Waals surface area contributed by atoms with Crippen LogP contribution in [0.1, 0.15) is 54.6 Å². The molecule has 1 aliphatic carbocycles. The molecule has 1 unspecified atom stereocenters. The maximum atomic E-state index is 13.1. The van der Waals surface area contributed by atoms with Crippen LogP contribution in [-0.2, 0) is 12.7 Å². The molecule has 0 amide bonds. The van der Waals surface area contributed by atoms with E-state index in [2.05, 4.69) is 10.1 Å². The van der Waals surface area contributed by atoms with Gasteiger partial charge in [0, 0.05) is 12.5 Å². The third-order valence-corrected chi connectivity index (χ3v) is 4.16. The first-order chi connectivity index (χ1) is 10.9. The molecule has 1 aromatic carbocycles. The SMILES string of the molecule is CC(c1nc(C2CC2)no1)N(C)Cc1ccccc1C(F)(F)F. The predicted molar refractivity (Wildman–Crippen MR) is 77.6 cm³/mol. The number of alkyl halides is 3. The number of aromatic nitrogens is 2. The first-order valence-corrected chi connectivity index (χ1v) is 7.55. The number of nitrogens with zero attached hydrogens (tertiary/aromatic N) is 3. The molecule has 0 spiro atoms. The van der Waals surface area contributed by atoms with E-state index in [1.165, 1.54) is 12.1 Å². The molecule has 1 atom stereocenters. The second kappa shape index (κ2) is 5.96. The average Bonchev–Trinajstić information content (AvgIpc) is 3.23. The molecule has 2 aromatic rings. The van der Waals surface area contributed by atoms with Gasteiger partial charge in [0.05, 0.1) is 11.6 Å². The third kappa shape index (κ3) is 3.55. The van der Waals surface area contributed by atoms with E-state index in [9.17, 15) is 13.2 Å². The van der Waals surface area contributed by atoms with Crippen LogP contribution in [0, 0.1) is 0 Å². The van der Waals surface area contributed by atoms with Crippen LogP contribution in [0.25, 0.3) is 0 Å². The first kappa shape index (κ1) is 16.0. The van der Waals surface area contributed by atoms with Crippen molar-refractivity contribution in [3.8, 4) is 0 Å². The number of hydrogen-bond acceptors (Lipinski definition) is 4. The van der Waals surface area contributed by atoms with E-state index in [0.29, 0.717) is 17.6 Å². The zero-order valence-corrected chi connectivity index (χ0v) is 13.0. The van der Waals surface area contributed by atoms with E-state index in [-0.39, 0.29) is 18.2 Å². The van der Waals surface area contributed by atoms with Crippen molar-refractivity contribution in [2.75, 3.05) is 7.05 Å². The lowest BCUT2D eigenvalue weighted by Crippen LogP contribution is -2.24. The van der Waals surface area contributed by atoms with Crippen LogP contribution in [0.3, 0.4) is 0 Å². The van der Waals surface area contributed by atoms with Crippen LogP contribution in [0.2, 0.25) is 0 Å². The molecule has 0 radical (unpaired) electrons. The van der Waals surface area contributed by atoms with E-state index in [4.69, 9.17) is 4.52 Å². The molecular weight excluding hydrogens is 307 g/mol. The van der Waals surface area contributed by atoms with Gasteiger partial charge in [-0.15, -0.1) is 0 Å². The second-order valence-corrected chi connectivity index (χ2v) is 6.01. The number of halogens is 3. The van der Waals surface area contributed by atoms with Crippen molar-refractivity contribution in [3.63, 3.8) is 0 Å². The summed E-state index contributed by atoms with van der Waals surface area (Å²) in [5, 5.41) is 3.95. The van der Waals surface area contributed by atoms with E-state index in [1.807, 2.05) is 6.92 Å². The van der Waals surface area contributed by atoms with Crippen LogP contribution in [0.15, 0.2) is 28.8 Å². The Labute approximate surface area is 132 Å². The van der Waals surface area contributed by atoms with Gasteiger partial charge >= 0.3 is 6.18 Å². The molecule has 4 nitrogen and oxygen atoms in total. The normalized spacial score (nSPS) is 16.8. The topological polar surface area (TPSA) is 42.2 Å². The maximum absolute atomic E-state index is 13.1. The molecule has 3 rings (SSSR count). The Balaban J connectivity index is 1.74. The van der Waals surface area contributed by atoms with Crippen LogP contribution < -0.4 is 0 Å². The molecule has 0 aliphatic heterocycles. The highest BCUT2D eigenvalue weighted by molar-refractivity contribution is 5.29. The molecule has 0 saturated heterocycles. The Morgan fingerprint density at radius 3 is 2.65 bits per heavy atom. The van der Waals surface area contributed by atoms with Crippen LogP contribution >= 0.6 is 0 Å². The van der Waals surface area contributed by atoms with Crippen molar-refractivity contribution >= 4 is 0 Å². The highest BCUT2D eigenvalue weighted by Crippen LogP contribution is 2.39. The van der Waals surface area contributed by atoms with Crippen molar-refractivity contribution in [1.29, 1.82) is 0 Å².